The highest BCUT2D eigenvalue weighted by Crippen LogP contribution is 2.09. The molecule has 0 aliphatic heterocycles. The van der Waals surface area contributed by atoms with E-state index in [4.69, 9.17) is 11.6 Å². The molecule has 0 radical (unpaired) electrons. The van der Waals surface area contributed by atoms with E-state index in [9.17, 15) is 5.11 Å². The number of benzene rings is 1. The van der Waals surface area contributed by atoms with Crippen molar-refractivity contribution >= 4 is 11.6 Å². The molecule has 0 saturated heterocycles. The number of hydrogen-bond acceptors (Lipinski definition) is 2. The van der Waals surface area contributed by atoms with Gasteiger partial charge in [-0.05, 0) is 24.1 Å². The first-order valence-corrected chi connectivity index (χ1v) is 4.76. The minimum atomic E-state index is -0.421. The fourth-order valence-corrected chi connectivity index (χ4v) is 1.11. The molecule has 0 saturated carbocycles. The van der Waals surface area contributed by atoms with E-state index >= 15 is 0 Å². The Morgan fingerprint density at radius 1 is 1.38 bits per heavy atom. The maximum atomic E-state index is 9.24. The minimum Gasteiger partial charge on any atom is -0.379 e. The Bertz CT molecular complexity index is 248. The van der Waals surface area contributed by atoms with Crippen molar-refractivity contribution in [3.63, 3.8) is 0 Å². The number of hydrogen-bond donors (Lipinski definition) is 2. The average molecular weight is 200 g/mol. The highest BCUT2D eigenvalue weighted by Gasteiger charge is 1.98. The van der Waals surface area contributed by atoms with E-state index in [1.54, 1.807) is 0 Å². The van der Waals surface area contributed by atoms with Gasteiger partial charge >= 0.3 is 0 Å². The lowest BCUT2D eigenvalue weighted by Gasteiger charge is -2.09. The molecule has 0 aliphatic carbocycles. The maximum absolute atomic E-state index is 9.24. The van der Waals surface area contributed by atoms with Crippen molar-refractivity contribution < 1.29 is 5.11 Å². The molecule has 0 amide bonds. The summed E-state index contributed by atoms with van der Waals surface area (Å²) >= 11 is 5.73. The normalized spacial score (nSPS) is 12.8. The van der Waals surface area contributed by atoms with Crippen LogP contribution in [-0.2, 0) is 6.54 Å². The molecular weight excluding hydrogens is 186 g/mol. The van der Waals surface area contributed by atoms with Crippen molar-refractivity contribution in [2.45, 2.75) is 26.1 Å². The number of aliphatic hydroxyl groups is 1. The van der Waals surface area contributed by atoms with Crippen LogP contribution in [0.25, 0.3) is 0 Å². The largest absolute Gasteiger partial charge is 0.379 e. The van der Waals surface area contributed by atoms with Gasteiger partial charge in [0.05, 0.1) is 0 Å². The summed E-state index contributed by atoms with van der Waals surface area (Å²) in [6, 6.07) is 7.57. The van der Waals surface area contributed by atoms with Crippen LogP contribution >= 0.6 is 11.6 Å². The van der Waals surface area contributed by atoms with E-state index in [1.165, 1.54) is 0 Å². The second-order valence-electron chi connectivity index (χ2n) is 2.93. The van der Waals surface area contributed by atoms with Gasteiger partial charge in [-0.3, -0.25) is 5.32 Å². The topological polar surface area (TPSA) is 32.3 Å². The highest BCUT2D eigenvalue weighted by atomic mass is 35.5. The van der Waals surface area contributed by atoms with Gasteiger partial charge in [-0.2, -0.15) is 0 Å². The Kier molecular flexibility index (Phi) is 4.22. The molecule has 0 aliphatic rings. The molecule has 1 unspecified atom stereocenters. The Morgan fingerprint density at radius 3 is 2.54 bits per heavy atom. The summed E-state index contributed by atoms with van der Waals surface area (Å²) in [5.41, 5.74) is 1.12. The summed E-state index contributed by atoms with van der Waals surface area (Å²) < 4.78 is 0. The van der Waals surface area contributed by atoms with E-state index in [0.29, 0.717) is 13.0 Å². The summed E-state index contributed by atoms with van der Waals surface area (Å²) in [5.74, 6) is 0. The third-order valence-electron chi connectivity index (χ3n) is 1.84. The molecule has 0 heterocycles. The molecule has 0 spiro atoms. The fourth-order valence-electron chi connectivity index (χ4n) is 0.982. The van der Waals surface area contributed by atoms with Crippen LogP contribution in [0.2, 0.25) is 5.02 Å². The lowest BCUT2D eigenvalue weighted by atomic mass is 10.2. The Labute approximate surface area is 83.5 Å². The van der Waals surface area contributed by atoms with Crippen LogP contribution in [0.15, 0.2) is 24.3 Å². The smallest absolute Gasteiger partial charge is 0.104 e. The third kappa shape index (κ3) is 3.77. The highest BCUT2D eigenvalue weighted by molar-refractivity contribution is 6.30. The van der Waals surface area contributed by atoms with Crippen molar-refractivity contribution in [1.82, 2.24) is 5.32 Å². The molecular formula is C10H14ClNO. The molecule has 2 nitrogen and oxygen atoms in total. The Hall–Kier alpha value is -0.570. The molecule has 1 rings (SSSR count). The molecule has 0 bridgehead atoms. The molecule has 1 atom stereocenters. The number of halogens is 1. The van der Waals surface area contributed by atoms with E-state index in [1.807, 2.05) is 31.2 Å². The summed E-state index contributed by atoms with van der Waals surface area (Å²) in [6.45, 7) is 2.60. The van der Waals surface area contributed by atoms with Gasteiger partial charge < -0.3 is 5.11 Å². The van der Waals surface area contributed by atoms with Crippen LogP contribution in [0.1, 0.15) is 18.9 Å². The Morgan fingerprint density at radius 2 is 2.00 bits per heavy atom. The molecule has 2 N–H and O–H groups in total. The predicted molar refractivity (Wildman–Crippen MR) is 54.6 cm³/mol. The van der Waals surface area contributed by atoms with Crippen LogP contribution < -0.4 is 5.32 Å². The molecule has 3 heteroatoms. The van der Waals surface area contributed by atoms with Crippen molar-refractivity contribution in [2.24, 2.45) is 0 Å². The quantitative estimate of drug-likeness (QED) is 0.729. The second-order valence-corrected chi connectivity index (χ2v) is 3.37. The molecule has 1 aromatic rings. The van der Waals surface area contributed by atoms with Gasteiger partial charge in [-0.15, -0.1) is 0 Å². The standard InChI is InChI=1S/C10H14ClNO/c1-2-10(13)12-7-8-3-5-9(11)6-4-8/h3-6,10,12-13H,2,7H2,1H3. The minimum absolute atomic E-state index is 0.421. The zero-order valence-corrected chi connectivity index (χ0v) is 8.38. The van der Waals surface area contributed by atoms with Gasteiger partial charge in [0.2, 0.25) is 0 Å². The van der Waals surface area contributed by atoms with Crippen molar-refractivity contribution in [1.29, 1.82) is 0 Å². The number of nitrogens with one attached hydrogen (secondary N) is 1. The van der Waals surface area contributed by atoms with Crippen molar-refractivity contribution in [3.05, 3.63) is 34.9 Å². The molecule has 13 heavy (non-hydrogen) atoms. The SMILES string of the molecule is CCC(O)NCc1ccc(Cl)cc1. The fraction of sp³-hybridized carbons (Fsp3) is 0.400. The van der Waals surface area contributed by atoms with E-state index in [0.717, 1.165) is 10.6 Å². The number of rotatable bonds is 4. The zero-order chi connectivity index (χ0) is 9.68. The lowest BCUT2D eigenvalue weighted by molar-refractivity contribution is 0.131. The van der Waals surface area contributed by atoms with E-state index < -0.39 is 6.23 Å². The zero-order valence-electron chi connectivity index (χ0n) is 7.63. The summed E-state index contributed by atoms with van der Waals surface area (Å²) in [4.78, 5) is 0. The van der Waals surface area contributed by atoms with E-state index in [-0.39, 0.29) is 0 Å². The number of aliphatic hydroxyl groups excluding tert-OH is 1. The summed E-state index contributed by atoms with van der Waals surface area (Å²) in [5, 5.41) is 13.0. The van der Waals surface area contributed by atoms with Crippen LogP contribution in [0, 0.1) is 0 Å². The third-order valence-corrected chi connectivity index (χ3v) is 2.09. The predicted octanol–water partition coefficient (Wildman–Crippen LogP) is 2.16. The van der Waals surface area contributed by atoms with Gasteiger partial charge in [-0.25, -0.2) is 0 Å². The molecule has 0 aromatic heterocycles. The van der Waals surface area contributed by atoms with Crippen molar-refractivity contribution in [2.75, 3.05) is 0 Å². The monoisotopic (exact) mass is 199 g/mol. The van der Waals surface area contributed by atoms with Crippen LogP contribution in [-0.4, -0.2) is 11.3 Å². The van der Waals surface area contributed by atoms with E-state index in [2.05, 4.69) is 5.32 Å². The average Bonchev–Trinajstić information content (AvgIpc) is 2.16. The Balaban J connectivity index is 2.41. The molecule has 1 aromatic carbocycles. The van der Waals surface area contributed by atoms with Crippen molar-refractivity contribution in [3.8, 4) is 0 Å². The summed E-state index contributed by atoms with van der Waals surface area (Å²) in [6.07, 6.45) is 0.295. The van der Waals surface area contributed by atoms with Gasteiger partial charge in [0, 0.05) is 11.6 Å². The molecule has 0 fully saturated rings. The summed E-state index contributed by atoms with van der Waals surface area (Å²) in [7, 11) is 0. The van der Waals surface area contributed by atoms with Crippen LogP contribution in [0.5, 0.6) is 0 Å². The van der Waals surface area contributed by atoms with Gasteiger partial charge in [0.25, 0.3) is 0 Å². The first-order chi connectivity index (χ1) is 6.22. The van der Waals surface area contributed by atoms with Crippen LogP contribution in [0.4, 0.5) is 0 Å². The second kappa shape index (κ2) is 5.22. The lowest BCUT2D eigenvalue weighted by Crippen LogP contribution is -2.27. The van der Waals surface area contributed by atoms with Gasteiger partial charge in [0.1, 0.15) is 6.23 Å². The van der Waals surface area contributed by atoms with Gasteiger partial charge in [-0.1, -0.05) is 30.7 Å². The van der Waals surface area contributed by atoms with Crippen LogP contribution in [0.3, 0.4) is 0 Å². The molecule has 72 valence electrons. The first-order valence-electron chi connectivity index (χ1n) is 4.38. The van der Waals surface area contributed by atoms with Gasteiger partial charge in [0.15, 0.2) is 0 Å². The maximum Gasteiger partial charge on any atom is 0.104 e. The first kappa shape index (κ1) is 10.5.